The molecule has 92 valence electrons. The minimum absolute atomic E-state index is 0.132. The van der Waals surface area contributed by atoms with E-state index in [4.69, 9.17) is 0 Å². The summed E-state index contributed by atoms with van der Waals surface area (Å²) < 4.78 is 0.193. The molecule has 3 heteroatoms. The minimum atomic E-state index is -0.602. The van der Waals surface area contributed by atoms with E-state index in [-0.39, 0.29) is 21.1 Å². The van der Waals surface area contributed by atoms with Gasteiger partial charge in [-0.15, -0.1) is 0 Å². The first-order valence-electron chi connectivity index (χ1n) is 6.05. The summed E-state index contributed by atoms with van der Waals surface area (Å²) >= 11 is 3.83. The monoisotopic (exact) mass is 288 g/mol. The van der Waals surface area contributed by atoms with E-state index in [1.54, 1.807) is 0 Å². The highest BCUT2D eigenvalue weighted by Gasteiger charge is 2.53. The quantitative estimate of drug-likeness (QED) is 0.745. The van der Waals surface area contributed by atoms with Crippen LogP contribution in [-0.2, 0) is 4.79 Å². The number of aliphatic carboxylic acids is 1. The molecule has 2 aliphatic carbocycles. The van der Waals surface area contributed by atoms with Crippen molar-refractivity contribution in [3.8, 4) is 0 Å². The maximum atomic E-state index is 11.2. The zero-order valence-electron chi connectivity index (χ0n) is 10.3. The number of hydrogen-bond acceptors (Lipinski definition) is 1. The molecular formula is C13H21BrO2. The van der Waals surface area contributed by atoms with Gasteiger partial charge in [0.25, 0.3) is 0 Å². The van der Waals surface area contributed by atoms with Gasteiger partial charge in [-0.05, 0) is 49.9 Å². The lowest BCUT2D eigenvalue weighted by Crippen LogP contribution is -2.49. The number of carboxylic acid groups (broad SMARTS) is 1. The number of rotatable bonds is 1. The topological polar surface area (TPSA) is 37.3 Å². The Hall–Kier alpha value is -0.0500. The molecular weight excluding hydrogens is 268 g/mol. The molecule has 0 aromatic rings. The van der Waals surface area contributed by atoms with Crippen molar-refractivity contribution in [3.63, 3.8) is 0 Å². The van der Waals surface area contributed by atoms with E-state index in [1.165, 1.54) is 6.42 Å². The predicted octanol–water partition coefficient (Wildman–Crippen LogP) is 3.83. The van der Waals surface area contributed by atoms with Crippen molar-refractivity contribution >= 4 is 21.9 Å². The van der Waals surface area contributed by atoms with Crippen LogP contribution >= 0.6 is 15.9 Å². The van der Waals surface area contributed by atoms with Gasteiger partial charge in [0, 0.05) is 4.32 Å². The van der Waals surface area contributed by atoms with Gasteiger partial charge in [0.05, 0.1) is 5.92 Å². The maximum Gasteiger partial charge on any atom is 0.306 e. The second kappa shape index (κ2) is 3.47. The summed E-state index contributed by atoms with van der Waals surface area (Å²) in [5.74, 6) is -0.734. The molecule has 2 atom stereocenters. The molecule has 0 aliphatic heterocycles. The number of halogens is 1. The SMILES string of the molecule is CC1(Br)CC2(C)CC(C(=O)O)CC(C)(C1)C2. The third-order valence-electron chi connectivity index (χ3n) is 4.27. The van der Waals surface area contributed by atoms with Gasteiger partial charge in [0.15, 0.2) is 0 Å². The van der Waals surface area contributed by atoms with E-state index >= 15 is 0 Å². The Bertz CT molecular complexity index is 296. The highest BCUT2D eigenvalue weighted by Crippen LogP contribution is 2.61. The minimum Gasteiger partial charge on any atom is -0.481 e. The Morgan fingerprint density at radius 2 is 1.56 bits per heavy atom. The smallest absolute Gasteiger partial charge is 0.306 e. The summed E-state index contributed by atoms with van der Waals surface area (Å²) in [5.41, 5.74) is 0.402. The molecule has 2 saturated carbocycles. The Kier molecular flexibility index (Phi) is 2.69. The third-order valence-corrected chi connectivity index (χ3v) is 4.83. The molecule has 0 heterocycles. The lowest BCUT2D eigenvalue weighted by atomic mass is 9.51. The fourth-order valence-electron chi connectivity index (χ4n) is 4.72. The highest BCUT2D eigenvalue weighted by molar-refractivity contribution is 9.10. The first-order chi connectivity index (χ1) is 7.13. The predicted molar refractivity (Wildman–Crippen MR) is 67.8 cm³/mol. The first kappa shape index (κ1) is 12.4. The number of hydrogen-bond donors (Lipinski definition) is 1. The zero-order chi connectivity index (χ0) is 12.2. The number of fused-ring (bicyclic) bond motifs is 2. The molecule has 2 rings (SSSR count). The van der Waals surface area contributed by atoms with Gasteiger partial charge in [-0.2, -0.15) is 0 Å². The van der Waals surface area contributed by atoms with Crippen LogP contribution in [0.25, 0.3) is 0 Å². The summed E-state index contributed by atoms with van der Waals surface area (Å²) in [7, 11) is 0. The van der Waals surface area contributed by atoms with E-state index in [2.05, 4.69) is 36.7 Å². The van der Waals surface area contributed by atoms with Gasteiger partial charge in [-0.25, -0.2) is 0 Å². The van der Waals surface area contributed by atoms with Gasteiger partial charge in [-0.3, -0.25) is 4.79 Å². The van der Waals surface area contributed by atoms with Crippen molar-refractivity contribution in [2.24, 2.45) is 16.7 Å². The highest BCUT2D eigenvalue weighted by atomic mass is 79.9. The standard InChI is InChI=1S/C13H21BrO2/c1-11-4-9(10(15)16)5-12(2,6-11)8-13(3,14)7-11/h9H,4-8H2,1-3H3,(H,15,16). The van der Waals surface area contributed by atoms with Crippen molar-refractivity contribution in [2.45, 2.75) is 57.2 Å². The Balaban J connectivity index is 2.28. The fourth-order valence-corrected chi connectivity index (χ4v) is 6.08. The number of carbonyl (C=O) groups is 1. The van der Waals surface area contributed by atoms with Gasteiger partial charge < -0.3 is 5.11 Å². The lowest BCUT2D eigenvalue weighted by Gasteiger charge is -2.56. The largest absolute Gasteiger partial charge is 0.481 e. The molecule has 0 saturated heterocycles. The van der Waals surface area contributed by atoms with Crippen molar-refractivity contribution < 1.29 is 9.90 Å². The molecule has 0 spiro atoms. The van der Waals surface area contributed by atoms with Gasteiger partial charge in [-0.1, -0.05) is 29.8 Å². The normalized spacial score (nSPS) is 52.4. The molecule has 0 aromatic heterocycles. The van der Waals surface area contributed by atoms with Gasteiger partial charge in [0.1, 0.15) is 0 Å². The lowest BCUT2D eigenvalue weighted by molar-refractivity contribution is -0.149. The Labute approximate surface area is 106 Å². The van der Waals surface area contributed by atoms with E-state index in [9.17, 15) is 9.90 Å². The van der Waals surface area contributed by atoms with Crippen molar-refractivity contribution in [2.75, 3.05) is 0 Å². The van der Waals surface area contributed by atoms with Crippen molar-refractivity contribution in [1.82, 2.24) is 0 Å². The van der Waals surface area contributed by atoms with E-state index < -0.39 is 5.97 Å². The van der Waals surface area contributed by atoms with Gasteiger partial charge >= 0.3 is 5.97 Å². The molecule has 2 fully saturated rings. The third kappa shape index (κ3) is 2.29. The van der Waals surface area contributed by atoms with Crippen LogP contribution in [0.5, 0.6) is 0 Å². The molecule has 2 bridgehead atoms. The van der Waals surface area contributed by atoms with Crippen molar-refractivity contribution in [1.29, 1.82) is 0 Å². The van der Waals surface area contributed by atoms with Crippen LogP contribution in [0.1, 0.15) is 52.9 Å². The molecule has 2 nitrogen and oxygen atoms in total. The second-order valence-corrected chi connectivity index (χ2v) is 8.92. The van der Waals surface area contributed by atoms with E-state index in [0.29, 0.717) is 0 Å². The van der Waals surface area contributed by atoms with Crippen LogP contribution < -0.4 is 0 Å². The number of alkyl halides is 1. The van der Waals surface area contributed by atoms with Crippen LogP contribution in [0.15, 0.2) is 0 Å². The van der Waals surface area contributed by atoms with Crippen LogP contribution in [0.2, 0.25) is 0 Å². The summed E-state index contributed by atoms with van der Waals surface area (Å²) in [6.07, 6.45) is 5.07. The van der Waals surface area contributed by atoms with Crippen molar-refractivity contribution in [3.05, 3.63) is 0 Å². The average Bonchev–Trinajstić information content (AvgIpc) is 1.94. The van der Waals surface area contributed by atoms with E-state index in [0.717, 1.165) is 25.7 Å². The molecule has 16 heavy (non-hydrogen) atoms. The zero-order valence-corrected chi connectivity index (χ0v) is 11.9. The average molecular weight is 289 g/mol. The van der Waals surface area contributed by atoms with Crippen LogP contribution in [0.3, 0.4) is 0 Å². The Morgan fingerprint density at radius 3 is 1.94 bits per heavy atom. The fraction of sp³-hybridized carbons (Fsp3) is 0.923. The Morgan fingerprint density at radius 1 is 1.12 bits per heavy atom. The first-order valence-corrected chi connectivity index (χ1v) is 6.84. The van der Waals surface area contributed by atoms with Crippen LogP contribution in [-0.4, -0.2) is 15.4 Å². The second-order valence-electron chi connectivity index (χ2n) is 7.01. The molecule has 0 aromatic carbocycles. The van der Waals surface area contributed by atoms with Gasteiger partial charge in [0.2, 0.25) is 0 Å². The molecule has 1 N–H and O–H groups in total. The van der Waals surface area contributed by atoms with E-state index in [1.807, 2.05) is 0 Å². The molecule has 0 amide bonds. The number of carboxylic acids is 1. The van der Waals surface area contributed by atoms with Crippen LogP contribution in [0, 0.1) is 16.7 Å². The maximum absolute atomic E-state index is 11.2. The summed E-state index contributed by atoms with van der Waals surface area (Å²) in [6.45, 7) is 6.78. The van der Waals surface area contributed by atoms with Crippen LogP contribution in [0.4, 0.5) is 0 Å². The summed E-state index contributed by atoms with van der Waals surface area (Å²) in [4.78, 5) is 11.2. The summed E-state index contributed by atoms with van der Waals surface area (Å²) in [5, 5.41) is 9.24. The molecule has 2 unspecified atom stereocenters. The molecule has 0 radical (unpaired) electrons. The summed E-state index contributed by atoms with van der Waals surface area (Å²) in [6, 6.07) is 0. The molecule has 2 aliphatic rings.